The number of fused-ring (bicyclic) bond motifs is 40. The molecule has 14 heterocycles. The van der Waals surface area contributed by atoms with Gasteiger partial charge in [-0.05, 0) is 126 Å². The molecule has 17 heteroatoms. The highest BCUT2D eigenvalue weighted by atomic mass is 32.1. The van der Waals surface area contributed by atoms with Crippen LogP contribution in [0.15, 0.2) is 413 Å². The van der Waals surface area contributed by atoms with Crippen molar-refractivity contribution in [3.63, 3.8) is 0 Å². The predicted octanol–water partition coefficient (Wildman–Crippen LogP) is 33.5. The van der Waals surface area contributed by atoms with Crippen molar-refractivity contribution in [1.82, 2.24) is 57.3 Å². The van der Waals surface area contributed by atoms with Crippen molar-refractivity contribution in [3.05, 3.63) is 413 Å². The number of nitrogens with zero attached hydrogens (tertiary/aromatic N) is 12. The van der Waals surface area contributed by atoms with Gasteiger partial charge in [-0.1, -0.05) is 279 Å². The van der Waals surface area contributed by atoms with E-state index in [1.165, 1.54) is 180 Å². The molecule has 0 aliphatic heterocycles. The van der Waals surface area contributed by atoms with E-state index in [-0.39, 0.29) is 0 Å². The Morgan fingerprint density at radius 1 is 0.153 bits per heavy atom. The molecule has 12 nitrogen and oxygen atoms in total. The number of para-hydroxylation sites is 11. The largest absolute Gasteiger partial charge is 0.309 e. The average molecular weight is 1840 g/mol. The van der Waals surface area contributed by atoms with E-state index in [2.05, 4.69) is 422 Å². The zero-order valence-corrected chi connectivity index (χ0v) is 76.8. The maximum atomic E-state index is 5.07. The Morgan fingerprint density at radius 2 is 0.460 bits per heavy atom. The van der Waals surface area contributed by atoms with Crippen LogP contribution in [0.2, 0.25) is 0 Å². The van der Waals surface area contributed by atoms with Gasteiger partial charge < -0.3 is 13.7 Å². The van der Waals surface area contributed by atoms with Crippen molar-refractivity contribution in [2.45, 2.75) is 0 Å². The van der Waals surface area contributed by atoms with E-state index in [0.29, 0.717) is 0 Å². The van der Waals surface area contributed by atoms with Crippen LogP contribution in [0.25, 0.3) is 278 Å². The lowest BCUT2D eigenvalue weighted by Crippen LogP contribution is -1.98. The van der Waals surface area contributed by atoms with Crippen LogP contribution < -0.4 is 0 Å². The molecule has 32 rings (SSSR count). The van der Waals surface area contributed by atoms with E-state index < -0.39 is 0 Å². The second-order valence-electron chi connectivity index (χ2n) is 35.0. The molecule has 0 aliphatic carbocycles. The maximum absolute atomic E-state index is 5.07. The van der Waals surface area contributed by atoms with Gasteiger partial charge in [0.05, 0.1) is 102 Å². The summed E-state index contributed by atoms with van der Waals surface area (Å²) in [6, 6.07) is 141. The molecule has 0 amide bonds. The van der Waals surface area contributed by atoms with E-state index in [4.69, 9.17) is 29.9 Å². The highest BCUT2D eigenvalue weighted by Crippen LogP contribution is 2.57. The summed E-state index contributed by atoms with van der Waals surface area (Å²) < 4.78 is 26.5. The Morgan fingerprint density at radius 3 is 0.927 bits per heavy atom. The molecule has 137 heavy (non-hydrogen) atoms. The molecule has 14 aromatic heterocycles. The van der Waals surface area contributed by atoms with Crippen molar-refractivity contribution in [2.24, 2.45) is 0 Å². The summed E-state index contributed by atoms with van der Waals surface area (Å²) in [6.07, 6.45) is 5.23. The van der Waals surface area contributed by atoms with Crippen LogP contribution >= 0.6 is 56.7 Å². The minimum Gasteiger partial charge on any atom is -0.309 e. The molecule has 0 spiro atoms. The number of hydrogen-bond acceptors (Lipinski definition) is 11. The number of rotatable bonds is 7. The van der Waals surface area contributed by atoms with Crippen LogP contribution in [0.4, 0.5) is 0 Å². The summed E-state index contributed by atoms with van der Waals surface area (Å²) in [5.74, 6) is 2.78. The molecule has 0 bridgehead atoms. The Hall–Kier alpha value is -16.9. The van der Waals surface area contributed by atoms with Crippen LogP contribution in [0.3, 0.4) is 0 Å². The molecule has 0 radical (unpaired) electrons. The van der Waals surface area contributed by atoms with Gasteiger partial charge in [0.25, 0.3) is 0 Å². The molecule has 0 atom stereocenters. The van der Waals surface area contributed by atoms with E-state index in [1.54, 1.807) is 30.3 Å². The van der Waals surface area contributed by atoms with Gasteiger partial charge in [-0.3, -0.25) is 13.7 Å². The first kappa shape index (κ1) is 76.6. The topological polar surface area (TPSA) is 107 Å². The summed E-state index contributed by atoms with van der Waals surface area (Å²) in [5.41, 5.74) is 23.1. The van der Waals surface area contributed by atoms with Gasteiger partial charge in [-0.15, -0.1) is 56.7 Å². The third kappa shape index (κ3) is 11.0. The monoisotopic (exact) mass is 1840 g/mol. The molecule has 638 valence electrons. The Bertz CT molecular complexity index is 10600. The molecule has 0 unspecified atom stereocenters. The second kappa shape index (κ2) is 29.8. The smallest absolute Gasteiger partial charge is 0.159 e. The number of aromatic nitrogens is 12. The Balaban J connectivity index is 0.0000000973. The van der Waals surface area contributed by atoms with Crippen LogP contribution in [0.1, 0.15) is 0 Å². The van der Waals surface area contributed by atoms with Gasteiger partial charge in [0.15, 0.2) is 17.5 Å². The molecule has 32 aromatic rings. The molecular weight excluding hydrogens is 1770 g/mol. The van der Waals surface area contributed by atoms with Gasteiger partial charge >= 0.3 is 0 Å². The Labute approximate surface area is 798 Å². The summed E-state index contributed by atoms with van der Waals surface area (Å²) in [5, 5.41) is 23.7. The fourth-order valence-corrected chi connectivity index (χ4v) is 28.8. The van der Waals surface area contributed by atoms with Crippen molar-refractivity contribution in [2.75, 3.05) is 0 Å². The van der Waals surface area contributed by atoms with E-state index in [0.717, 1.165) is 98.0 Å². The molecule has 0 saturated heterocycles. The number of thiophene rings is 5. The second-order valence-corrected chi connectivity index (χ2v) is 40.1. The minimum absolute atomic E-state index is 0.923. The van der Waals surface area contributed by atoms with Gasteiger partial charge in [-0.2, -0.15) is 0 Å². The molecule has 18 aromatic carbocycles. The predicted molar refractivity (Wildman–Crippen MR) is 582 cm³/mol. The first-order valence-corrected chi connectivity index (χ1v) is 49.9. The summed E-state index contributed by atoms with van der Waals surface area (Å²) in [6.45, 7) is 0. The minimum atomic E-state index is 0.923. The lowest BCUT2D eigenvalue weighted by atomic mass is 10.0. The van der Waals surface area contributed by atoms with Crippen LogP contribution in [-0.2, 0) is 0 Å². The first-order chi connectivity index (χ1) is 68.1. The summed E-state index contributed by atoms with van der Waals surface area (Å²) in [4.78, 5) is 30.0. The summed E-state index contributed by atoms with van der Waals surface area (Å²) in [7, 11) is 0. The lowest BCUT2D eigenvalue weighted by Gasteiger charge is -2.09. The van der Waals surface area contributed by atoms with Gasteiger partial charge in [0, 0.05) is 148 Å². The van der Waals surface area contributed by atoms with Crippen molar-refractivity contribution >= 4 is 289 Å². The molecule has 0 aliphatic rings. The fourth-order valence-electron chi connectivity index (χ4n) is 22.3. The third-order valence-corrected chi connectivity index (χ3v) is 33.9. The van der Waals surface area contributed by atoms with Gasteiger partial charge in [0.1, 0.15) is 19.0 Å². The highest BCUT2D eigenvalue weighted by molar-refractivity contribution is 7.31. The van der Waals surface area contributed by atoms with Crippen LogP contribution in [-0.4, -0.2) is 57.3 Å². The third-order valence-electron chi connectivity index (χ3n) is 27.9. The number of benzene rings is 18. The molecular formula is C120H68N12S5. The zero-order valence-electron chi connectivity index (χ0n) is 72.7. The van der Waals surface area contributed by atoms with E-state index >= 15 is 0 Å². The van der Waals surface area contributed by atoms with E-state index in [9.17, 15) is 0 Å². The SMILES string of the molecule is c1ccc(-c2ccc(-n3c4ccccc4c4c5sc6c(-n7c8ccccc8c8ccccc87)ncnc6c5ccc43)cc2)cc1.c1ccc(-n2c3ccccc3c3c4sc5c(-n6c7ccccc7c7ccccc76)ncnc5c4c4c5ccccc5sc4c32)cc1.c1ccc(-n2c3ccccc3c3c4sc5c(-n6c7ccccc7c7ccccc76)ncnc5c4c4sc5ccccc5c4c32)cc1. The maximum Gasteiger partial charge on any atom is 0.159 e. The molecule has 0 fully saturated rings. The molecule has 0 N–H and O–H groups in total. The quantitative estimate of drug-likeness (QED) is 0.157. The normalized spacial score (nSPS) is 12.2. The van der Waals surface area contributed by atoms with Crippen molar-refractivity contribution < 1.29 is 0 Å². The fraction of sp³-hybridized carbons (Fsp3) is 0. The Kier molecular flexibility index (Phi) is 16.7. The highest BCUT2D eigenvalue weighted by Gasteiger charge is 2.32. The molecule has 0 saturated carbocycles. The van der Waals surface area contributed by atoms with E-state index in [1.807, 2.05) is 45.3 Å². The summed E-state index contributed by atoms with van der Waals surface area (Å²) >= 11 is 9.21. The van der Waals surface area contributed by atoms with Crippen molar-refractivity contribution in [1.29, 1.82) is 0 Å². The first-order valence-electron chi connectivity index (χ1n) is 45.8. The van der Waals surface area contributed by atoms with Crippen molar-refractivity contribution in [3.8, 4) is 45.6 Å². The van der Waals surface area contributed by atoms with Gasteiger partial charge in [-0.25, -0.2) is 29.9 Å². The van der Waals surface area contributed by atoms with Gasteiger partial charge in [0.2, 0.25) is 0 Å². The van der Waals surface area contributed by atoms with Crippen LogP contribution in [0.5, 0.6) is 0 Å². The standard InChI is InChI=1S/2C40H22N4S2.C40H24N4S/c1-2-12-23(13-3-1)43-30-20-10-6-16-26(30)33-36(43)38-32(27-17-7-11-21-31(27)45-38)34-35-39(46-37(33)34)40(42-22-41-35)44-28-18-8-4-14-24(28)25-15-5-9-19-29(25)44;1-2-12-23(13-3-1)43-30-20-10-6-16-26(30)32-36(43)33-27-17-7-11-21-31(27)45-37(33)34-35-39(46-38(32)34)40(42-22-41-35)44-28-18-8-4-14-24(28)25-15-5-9-19-29(25)44;1-2-10-25(11-3-1)26-18-20-27(21-19-26)43-34-17-9-6-14-30(34)36-35(43)23-22-31-37-39(45-38(31)36)40(42-24-41-37)44-32-15-7-4-12-28(32)29-13-5-8-16-33(29)44/h2*1-22H;1-24H. The van der Waals surface area contributed by atoms with Crippen LogP contribution in [0, 0.1) is 0 Å². The zero-order chi connectivity index (χ0) is 89.3. The average Bonchev–Trinajstić information content (AvgIpc) is 1.52. The number of hydrogen-bond donors (Lipinski definition) is 0. The lowest BCUT2D eigenvalue weighted by molar-refractivity contribution is 1.08.